The van der Waals surface area contributed by atoms with E-state index in [1.165, 1.54) is 12.8 Å². The van der Waals surface area contributed by atoms with Crippen molar-refractivity contribution < 1.29 is 14.3 Å². The third kappa shape index (κ3) is 5.57. The van der Waals surface area contributed by atoms with Gasteiger partial charge in [-0.2, -0.15) is 0 Å². The highest BCUT2D eigenvalue weighted by Gasteiger charge is 2.38. The molecule has 1 N–H and O–H groups in total. The number of likely N-dealkylation sites (tertiary alicyclic amines) is 1. The SMILES string of the molecule is CC(C)C(C)CCCC(=O)NC1C(=O)COC1CN1CCCC1. The lowest BCUT2D eigenvalue weighted by atomic mass is 9.92. The van der Waals surface area contributed by atoms with Gasteiger partial charge in [-0.05, 0) is 50.6 Å². The van der Waals surface area contributed by atoms with Gasteiger partial charge in [0.25, 0.3) is 0 Å². The zero-order valence-corrected chi connectivity index (χ0v) is 14.8. The molecule has 3 atom stereocenters. The van der Waals surface area contributed by atoms with Crippen LogP contribution in [0.25, 0.3) is 0 Å². The summed E-state index contributed by atoms with van der Waals surface area (Å²) in [5.74, 6) is 1.27. The van der Waals surface area contributed by atoms with Crippen LogP contribution in [0.2, 0.25) is 0 Å². The third-order valence-corrected chi connectivity index (χ3v) is 5.31. The molecule has 2 aliphatic rings. The Bertz CT molecular complexity index is 405. The summed E-state index contributed by atoms with van der Waals surface area (Å²) >= 11 is 0. The van der Waals surface area contributed by atoms with Crippen LogP contribution in [0.1, 0.15) is 52.9 Å². The maximum absolute atomic E-state index is 12.1. The molecule has 2 aliphatic heterocycles. The third-order valence-electron chi connectivity index (χ3n) is 5.31. The minimum Gasteiger partial charge on any atom is -0.366 e. The number of rotatable bonds is 8. The van der Waals surface area contributed by atoms with Gasteiger partial charge in [-0.15, -0.1) is 0 Å². The highest BCUT2D eigenvalue weighted by atomic mass is 16.5. The summed E-state index contributed by atoms with van der Waals surface area (Å²) in [6, 6.07) is -0.453. The molecular weight excluding hydrogens is 292 g/mol. The van der Waals surface area contributed by atoms with Gasteiger partial charge in [0.2, 0.25) is 5.91 Å². The minimum absolute atomic E-state index is 0.0121. The molecular formula is C18H32N2O3. The summed E-state index contributed by atoms with van der Waals surface area (Å²) in [6.07, 6.45) is 4.68. The topological polar surface area (TPSA) is 58.6 Å². The number of ketones is 1. The fraction of sp³-hybridized carbons (Fsp3) is 0.889. The molecule has 2 heterocycles. The lowest BCUT2D eigenvalue weighted by Gasteiger charge is -2.24. The van der Waals surface area contributed by atoms with Crippen molar-refractivity contribution in [2.75, 3.05) is 26.2 Å². The molecule has 0 aromatic heterocycles. The Hall–Kier alpha value is -0.940. The predicted octanol–water partition coefficient (Wildman–Crippen LogP) is 2.00. The van der Waals surface area contributed by atoms with E-state index in [1.54, 1.807) is 0 Å². The van der Waals surface area contributed by atoms with E-state index in [0.29, 0.717) is 18.3 Å². The number of amides is 1. The number of carbonyl (C=O) groups is 2. The van der Waals surface area contributed by atoms with Gasteiger partial charge in [-0.3, -0.25) is 9.59 Å². The molecule has 2 rings (SSSR count). The Morgan fingerprint density at radius 3 is 2.65 bits per heavy atom. The molecule has 0 saturated carbocycles. The van der Waals surface area contributed by atoms with E-state index in [2.05, 4.69) is 31.0 Å². The first kappa shape index (κ1) is 18.4. The van der Waals surface area contributed by atoms with Crippen LogP contribution in [-0.4, -0.2) is 55.0 Å². The van der Waals surface area contributed by atoms with Crippen LogP contribution in [0, 0.1) is 11.8 Å². The second-order valence-corrected chi connectivity index (χ2v) is 7.48. The number of carbonyl (C=O) groups excluding carboxylic acids is 2. The maximum atomic E-state index is 12.1. The van der Waals surface area contributed by atoms with Crippen LogP contribution in [0.4, 0.5) is 0 Å². The summed E-state index contributed by atoms with van der Waals surface area (Å²) in [5.41, 5.74) is 0. The van der Waals surface area contributed by atoms with E-state index in [-0.39, 0.29) is 24.4 Å². The Morgan fingerprint density at radius 1 is 1.30 bits per heavy atom. The van der Waals surface area contributed by atoms with Gasteiger partial charge in [-0.1, -0.05) is 20.8 Å². The summed E-state index contributed by atoms with van der Waals surface area (Å²) in [6.45, 7) is 9.67. The molecule has 0 spiro atoms. The highest BCUT2D eigenvalue weighted by Crippen LogP contribution is 2.18. The van der Waals surface area contributed by atoms with Crippen LogP contribution in [0.5, 0.6) is 0 Å². The normalized spacial score (nSPS) is 26.9. The first-order valence-electron chi connectivity index (χ1n) is 9.13. The standard InChI is InChI=1S/C18H32N2O3/c1-13(2)14(3)7-6-8-17(22)19-18-15(21)12-23-16(18)11-20-9-4-5-10-20/h13-14,16,18H,4-12H2,1-3H3,(H,19,22). The average Bonchev–Trinajstić information content (AvgIpc) is 3.12. The van der Waals surface area contributed by atoms with Gasteiger partial charge in [0.05, 0.1) is 6.10 Å². The monoisotopic (exact) mass is 324 g/mol. The van der Waals surface area contributed by atoms with Crippen molar-refractivity contribution in [2.45, 2.75) is 65.0 Å². The molecule has 0 aromatic rings. The number of hydrogen-bond donors (Lipinski definition) is 1. The van der Waals surface area contributed by atoms with Crippen molar-refractivity contribution in [3.05, 3.63) is 0 Å². The highest BCUT2D eigenvalue weighted by molar-refractivity contribution is 5.91. The number of nitrogens with one attached hydrogen (secondary N) is 1. The molecule has 5 heteroatoms. The van der Waals surface area contributed by atoms with Crippen molar-refractivity contribution >= 4 is 11.7 Å². The van der Waals surface area contributed by atoms with Crippen LogP contribution < -0.4 is 5.32 Å². The van der Waals surface area contributed by atoms with Gasteiger partial charge in [0.15, 0.2) is 5.78 Å². The number of nitrogens with zero attached hydrogens (tertiary/aromatic N) is 1. The molecule has 5 nitrogen and oxygen atoms in total. The number of ether oxygens (including phenoxy) is 1. The molecule has 1 amide bonds. The van der Waals surface area contributed by atoms with Gasteiger partial charge >= 0.3 is 0 Å². The molecule has 0 bridgehead atoms. The lowest BCUT2D eigenvalue weighted by Crippen LogP contribution is -2.48. The minimum atomic E-state index is -0.453. The van der Waals surface area contributed by atoms with E-state index in [9.17, 15) is 9.59 Å². The van der Waals surface area contributed by atoms with Crippen molar-refractivity contribution in [3.8, 4) is 0 Å². The Kier molecular flexibility index (Phi) is 7.03. The molecule has 0 aromatic carbocycles. The first-order valence-corrected chi connectivity index (χ1v) is 9.13. The second-order valence-electron chi connectivity index (χ2n) is 7.48. The van der Waals surface area contributed by atoms with E-state index in [1.807, 2.05) is 0 Å². The maximum Gasteiger partial charge on any atom is 0.220 e. The van der Waals surface area contributed by atoms with E-state index < -0.39 is 6.04 Å². The first-order chi connectivity index (χ1) is 11.0. The Balaban J connectivity index is 1.74. The van der Waals surface area contributed by atoms with Crippen LogP contribution in [0.3, 0.4) is 0 Å². The molecule has 0 radical (unpaired) electrons. The zero-order valence-electron chi connectivity index (χ0n) is 14.8. The van der Waals surface area contributed by atoms with Crippen molar-refractivity contribution in [1.29, 1.82) is 0 Å². The van der Waals surface area contributed by atoms with Crippen LogP contribution in [0.15, 0.2) is 0 Å². The largest absolute Gasteiger partial charge is 0.366 e. The second kappa shape index (κ2) is 8.78. The predicted molar refractivity (Wildman–Crippen MR) is 90.2 cm³/mol. The van der Waals surface area contributed by atoms with Gasteiger partial charge in [0, 0.05) is 13.0 Å². The van der Waals surface area contributed by atoms with Crippen molar-refractivity contribution in [1.82, 2.24) is 10.2 Å². The van der Waals surface area contributed by atoms with Crippen molar-refractivity contribution in [2.24, 2.45) is 11.8 Å². The van der Waals surface area contributed by atoms with E-state index in [0.717, 1.165) is 32.5 Å². The summed E-state index contributed by atoms with van der Waals surface area (Å²) in [4.78, 5) is 26.5. The van der Waals surface area contributed by atoms with Gasteiger partial charge in [-0.25, -0.2) is 0 Å². The Morgan fingerprint density at radius 2 is 2.00 bits per heavy atom. The number of Topliss-reactive ketones (excluding diaryl/α,β-unsaturated/α-hetero) is 1. The Labute approximate surface area is 140 Å². The van der Waals surface area contributed by atoms with Crippen LogP contribution >= 0.6 is 0 Å². The van der Waals surface area contributed by atoms with Crippen LogP contribution in [-0.2, 0) is 14.3 Å². The zero-order chi connectivity index (χ0) is 16.8. The fourth-order valence-corrected chi connectivity index (χ4v) is 3.30. The van der Waals surface area contributed by atoms with Gasteiger partial charge < -0.3 is 15.0 Å². The molecule has 23 heavy (non-hydrogen) atoms. The van der Waals surface area contributed by atoms with Gasteiger partial charge in [0.1, 0.15) is 12.6 Å². The van der Waals surface area contributed by atoms with E-state index in [4.69, 9.17) is 4.74 Å². The quantitative estimate of drug-likeness (QED) is 0.742. The fourth-order valence-electron chi connectivity index (χ4n) is 3.30. The average molecular weight is 324 g/mol. The summed E-state index contributed by atoms with van der Waals surface area (Å²) in [5, 5.41) is 2.92. The molecule has 2 fully saturated rings. The lowest BCUT2D eigenvalue weighted by molar-refractivity contribution is -0.126. The van der Waals surface area contributed by atoms with Crippen molar-refractivity contribution in [3.63, 3.8) is 0 Å². The number of hydrogen-bond acceptors (Lipinski definition) is 4. The van der Waals surface area contributed by atoms with E-state index >= 15 is 0 Å². The summed E-state index contributed by atoms with van der Waals surface area (Å²) in [7, 11) is 0. The molecule has 2 saturated heterocycles. The summed E-state index contributed by atoms with van der Waals surface area (Å²) < 4.78 is 5.61. The smallest absolute Gasteiger partial charge is 0.220 e. The molecule has 3 unspecified atom stereocenters. The molecule has 0 aliphatic carbocycles. The molecule has 132 valence electrons.